The summed E-state index contributed by atoms with van der Waals surface area (Å²) in [6.07, 6.45) is 2.98. The molecule has 19 heavy (non-hydrogen) atoms. The standard InChI is InChI=1S/C15H15N2O2/c1-12-3-2-4-15(17-12)19-11-14-7-5-13(6-8-14)9-10-16-18/h2-8,18H,9,11H2,1H3. The van der Waals surface area contributed by atoms with Gasteiger partial charge in [-0.2, -0.15) is 0 Å². The number of hydrogen-bond donors (Lipinski definition) is 1. The van der Waals surface area contributed by atoms with Crippen molar-refractivity contribution in [3.8, 4) is 5.88 Å². The molecule has 2 aromatic rings. The number of hydrogen-bond acceptors (Lipinski definition) is 4. The van der Waals surface area contributed by atoms with E-state index in [-0.39, 0.29) is 0 Å². The van der Waals surface area contributed by atoms with Crippen molar-refractivity contribution in [1.82, 2.24) is 4.98 Å². The normalized spacial score (nSPS) is 10.8. The zero-order valence-electron chi connectivity index (χ0n) is 10.7. The second kappa shape index (κ2) is 6.54. The van der Waals surface area contributed by atoms with Gasteiger partial charge in [0.1, 0.15) is 12.8 Å². The fourth-order valence-corrected chi connectivity index (χ4v) is 1.64. The van der Waals surface area contributed by atoms with Crippen molar-refractivity contribution in [2.75, 3.05) is 0 Å². The highest BCUT2D eigenvalue weighted by molar-refractivity contribution is 5.60. The first-order chi connectivity index (χ1) is 9.28. The van der Waals surface area contributed by atoms with Gasteiger partial charge in [0.05, 0.1) is 0 Å². The second-order valence-electron chi connectivity index (χ2n) is 4.16. The van der Waals surface area contributed by atoms with Crippen molar-refractivity contribution in [1.29, 1.82) is 0 Å². The summed E-state index contributed by atoms with van der Waals surface area (Å²) in [5.41, 5.74) is 3.04. The average molecular weight is 255 g/mol. The summed E-state index contributed by atoms with van der Waals surface area (Å²) in [5.74, 6) is 0.629. The van der Waals surface area contributed by atoms with E-state index in [0.717, 1.165) is 16.8 Å². The van der Waals surface area contributed by atoms with Crippen LogP contribution in [0.4, 0.5) is 0 Å². The Morgan fingerprint density at radius 2 is 1.89 bits per heavy atom. The monoisotopic (exact) mass is 255 g/mol. The Morgan fingerprint density at radius 1 is 1.16 bits per heavy atom. The fourth-order valence-electron chi connectivity index (χ4n) is 1.64. The number of benzene rings is 1. The van der Waals surface area contributed by atoms with Gasteiger partial charge in [-0.15, -0.1) is 0 Å². The van der Waals surface area contributed by atoms with Gasteiger partial charge < -0.3 is 9.94 Å². The van der Waals surface area contributed by atoms with Crippen LogP contribution in [0.1, 0.15) is 16.8 Å². The zero-order valence-corrected chi connectivity index (χ0v) is 10.7. The summed E-state index contributed by atoms with van der Waals surface area (Å²) < 4.78 is 5.61. The van der Waals surface area contributed by atoms with Gasteiger partial charge in [-0.3, -0.25) is 0 Å². The molecule has 4 heteroatoms. The van der Waals surface area contributed by atoms with Crippen LogP contribution in [0.5, 0.6) is 5.88 Å². The molecule has 2 rings (SSSR count). The molecule has 0 saturated heterocycles. The quantitative estimate of drug-likeness (QED) is 0.508. The first kappa shape index (κ1) is 13.1. The van der Waals surface area contributed by atoms with Crippen LogP contribution in [-0.2, 0) is 13.0 Å². The SMILES string of the molecule is Cc1cccc(OCc2ccc(C/[C]=N/O)cc2)n1. The van der Waals surface area contributed by atoms with Gasteiger partial charge in [0.2, 0.25) is 5.88 Å². The van der Waals surface area contributed by atoms with E-state index in [1.165, 1.54) is 0 Å². The van der Waals surface area contributed by atoms with E-state index < -0.39 is 0 Å². The van der Waals surface area contributed by atoms with Crippen LogP contribution in [0.3, 0.4) is 0 Å². The molecule has 0 aliphatic heterocycles. The van der Waals surface area contributed by atoms with Gasteiger partial charge in [-0.05, 0) is 24.1 Å². The predicted molar refractivity (Wildman–Crippen MR) is 72.7 cm³/mol. The zero-order chi connectivity index (χ0) is 13.5. The van der Waals surface area contributed by atoms with Crippen molar-refractivity contribution in [2.45, 2.75) is 20.0 Å². The summed E-state index contributed by atoms with van der Waals surface area (Å²) in [4.78, 5) is 4.27. The van der Waals surface area contributed by atoms with Gasteiger partial charge in [0.15, 0.2) is 0 Å². The third-order valence-electron chi connectivity index (χ3n) is 2.63. The maximum Gasteiger partial charge on any atom is 0.213 e. The summed E-state index contributed by atoms with van der Waals surface area (Å²) in [6, 6.07) is 13.6. The second-order valence-corrected chi connectivity index (χ2v) is 4.16. The van der Waals surface area contributed by atoms with Crippen LogP contribution in [0.25, 0.3) is 0 Å². The van der Waals surface area contributed by atoms with Crippen LogP contribution in [-0.4, -0.2) is 16.4 Å². The van der Waals surface area contributed by atoms with E-state index in [9.17, 15) is 0 Å². The molecule has 1 radical (unpaired) electrons. The van der Waals surface area contributed by atoms with E-state index in [2.05, 4.69) is 16.4 Å². The highest BCUT2D eigenvalue weighted by atomic mass is 16.5. The largest absolute Gasteiger partial charge is 0.473 e. The molecule has 97 valence electrons. The lowest BCUT2D eigenvalue weighted by molar-refractivity contribution is 0.293. The molecule has 4 nitrogen and oxygen atoms in total. The first-order valence-corrected chi connectivity index (χ1v) is 5.99. The summed E-state index contributed by atoms with van der Waals surface area (Å²) >= 11 is 0. The molecule has 0 saturated carbocycles. The van der Waals surface area contributed by atoms with Crippen LogP contribution in [0, 0.1) is 6.92 Å². The van der Waals surface area contributed by atoms with E-state index in [4.69, 9.17) is 9.94 Å². The third kappa shape index (κ3) is 4.10. The molecule has 1 aromatic heterocycles. The molecule has 0 aliphatic rings. The number of rotatable bonds is 5. The lowest BCUT2D eigenvalue weighted by Crippen LogP contribution is -1.98. The van der Waals surface area contributed by atoms with Crippen molar-refractivity contribution < 1.29 is 9.94 Å². The summed E-state index contributed by atoms with van der Waals surface area (Å²) in [5, 5.41) is 11.2. The van der Waals surface area contributed by atoms with Gasteiger partial charge in [0, 0.05) is 18.2 Å². The minimum absolute atomic E-state index is 0.481. The molecule has 0 bridgehead atoms. The highest BCUT2D eigenvalue weighted by Crippen LogP contribution is 2.11. The Morgan fingerprint density at radius 3 is 2.58 bits per heavy atom. The molecule has 0 atom stereocenters. The van der Waals surface area contributed by atoms with Crippen LogP contribution >= 0.6 is 0 Å². The van der Waals surface area contributed by atoms with Crippen LogP contribution in [0.15, 0.2) is 47.6 Å². The van der Waals surface area contributed by atoms with E-state index in [1.807, 2.05) is 49.4 Å². The Hall–Kier alpha value is -2.36. The molecule has 0 spiro atoms. The molecule has 0 aliphatic carbocycles. The fraction of sp³-hybridized carbons (Fsp3) is 0.200. The molecular weight excluding hydrogens is 240 g/mol. The van der Waals surface area contributed by atoms with Gasteiger partial charge in [-0.25, -0.2) is 4.98 Å². The lowest BCUT2D eigenvalue weighted by atomic mass is 10.1. The van der Waals surface area contributed by atoms with Crippen molar-refractivity contribution >= 4 is 6.21 Å². The first-order valence-electron chi connectivity index (χ1n) is 5.99. The Balaban J connectivity index is 1.92. The summed E-state index contributed by atoms with van der Waals surface area (Å²) in [7, 11) is 0. The number of ether oxygens (including phenoxy) is 1. The number of pyridine rings is 1. The third-order valence-corrected chi connectivity index (χ3v) is 2.63. The molecule has 0 amide bonds. The maximum atomic E-state index is 8.30. The highest BCUT2D eigenvalue weighted by Gasteiger charge is 1.98. The molecule has 0 unspecified atom stereocenters. The van der Waals surface area contributed by atoms with Gasteiger partial charge in [-0.1, -0.05) is 35.5 Å². The smallest absolute Gasteiger partial charge is 0.213 e. The van der Waals surface area contributed by atoms with Gasteiger partial charge >= 0.3 is 0 Å². The number of aromatic nitrogens is 1. The van der Waals surface area contributed by atoms with Crippen molar-refractivity contribution in [3.63, 3.8) is 0 Å². The average Bonchev–Trinajstić information content (AvgIpc) is 2.44. The molecule has 1 heterocycles. The number of nitrogens with zero attached hydrogens (tertiary/aromatic N) is 2. The molecule has 1 N–H and O–H groups in total. The van der Waals surface area contributed by atoms with Crippen LogP contribution < -0.4 is 4.74 Å². The molecule has 1 aromatic carbocycles. The van der Waals surface area contributed by atoms with E-state index in [0.29, 0.717) is 18.9 Å². The van der Waals surface area contributed by atoms with Crippen molar-refractivity contribution in [3.05, 3.63) is 59.3 Å². The number of aryl methyl sites for hydroxylation is 1. The Labute approximate surface area is 112 Å². The minimum atomic E-state index is 0.481. The lowest BCUT2D eigenvalue weighted by Gasteiger charge is -2.06. The van der Waals surface area contributed by atoms with E-state index in [1.54, 1.807) is 0 Å². The predicted octanol–water partition coefficient (Wildman–Crippen LogP) is 2.85. The minimum Gasteiger partial charge on any atom is -0.473 e. The topological polar surface area (TPSA) is 54.7 Å². The Kier molecular flexibility index (Phi) is 4.50. The maximum absolute atomic E-state index is 8.30. The summed E-state index contributed by atoms with van der Waals surface area (Å²) in [6.45, 7) is 2.41. The Bertz CT molecular complexity index is 550. The molecular formula is C15H15N2O2. The van der Waals surface area contributed by atoms with Crippen molar-refractivity contribution in [2.24, 2.45) is 5.16 Å². The van der Waals surface area contributed by atoms with E-state index >= 15 is 0 Å². The van der Waals surface area contributed by atoms with Crippen LogP contribution in [0.2, 0.25) is 0 Å². The molecule has 0 fully saturated rings. The van der Waals surface area contributed by atoms with Gasteiger partial charge in [0.25, 0.3) is 0 Å².